The summed E-state index contributed by atoms with van der Waals surface area (Å²) in [5.74, 6) is -0.967. The monoisotopic (exact) mass is 329 g/mol. The smallest absolute Gasteiger partial charge is 0.335 e. The first kappa shape index (κ1) is 15.8. The molecule has 1 aliphatic rings. The summed E-state index contributed by atoms with van der Waals surface area (Å²) in [5, 5.41) is 21.7. The van der Waals surface area contributed by atoms with Crippen LogP contribution in [0, 0.1) is 0 Å². The first-order valence-corrected chi connectivity index (χ1v) is 7.22. The minimum absolute atomic E-state index is 0.0707. The van der Waals surface area contributed by atoms with E-state index >= 15 is 0 Å². The second kappa shape index (κ2) is 6.59. The number of fused-ring (bicyclic) bond motifs is 1. The molecule has 1 heterocycles. The Morgan fingerprint density at radius 1 is 1.04 bits per heavy atom. The molecule has 2 aromatic carbocycles. The van der Waals surface area contributed by atoms with E-state index in [4.69, 9.17) is 14.6 Å². The molecule has 124 valence electrons. The van der Waals surface area contributed by atoms with Crippen molar-refractivity contribution in [1.82, 2.24) is 5.32 Å². The molecule has 0 aromatic heterocycles. The largest absolute Gasteiger partial charge is 0.479 e. The zero-order chi connectivity index (χ0) is 17.1. The lowest BCUT2D eigenvalue weighted by Gasteiger charge is -2.22. The standard InChI is InChI=1S/C17H15NO6/c19-15(17(21)22)14(18-16(20)10-4-2-1-3-5-10)11-6-7-12-13(8-11)24-9-23-12/h1-8,14-15,19H,9H2,(H,18,20)(H,21,22)/t14-,15-/m0/s1. The van der Waals surface area contributed by atoms with Gasteiger partial charge in [0.15, 0.2) is 17.6 Å². The molecule has 0 spiro atoms. The number of hydrogen-bond acceptors (Lipinski definition) is 5. The van der Waals surface area contributed by atoms with Crippen molar-refractivity contribution in [1.29, 1.82) is 0 Å². The molecule has 2 atom stereocenters. The van der Waals surface area contributed by atoms with Crippen molar-refractivity contribution >= 4 is 11.9 Å². The fourth-order valence-electron chi connectivity index (χ4n) is 2.41. The van der Waals surface area contributed by atoms with Gasteiger partial charge in [0.05, 0.1) is 6.04 Å². The minimum Gasteiger partial charge on any atom is -0.479 e. The van der Waals surface area contributed by atoms with Gasteiger partial charge in [0, 0.05) is 5.56 Å². The van der Waals surface area contributed by atoms with E-state index in [2.05, 4.69) is 5.32 Å². The Morgan fingerprint density at radius 3 is 2.46 bits per heavy atom. The third-order valence-electron chi connectivity index (χ3n) is 3.65. The number of nitrogens with one attached hydrogen (secondary N) is 1. The maximum Gasteiger partial charge on any atom is 0.335 e. The molecule has 1 amide bonds. The van der Waals surface area contributed by atoms with Crippen LogP contribution in [-0.4, -0.2) is 35.0 Å². The molecule has 7 heteroatoms. The number of hydrogen-bond donors (Lipinski definition) is 3. The highest BCUT2D eigenvalue weighted by atomic mass is 16.7. The molecule has 0 saturated carbocycles. The number of aliphatic hydroxyl groups is 1. The molecule has 0 aliphatic carbocycles. The fourth-order valence-corrected chi connectivity index (χ4v) is 2.41. The highest BCUT2D eigenvalue weighted by Crippen LogP contribution is 2.35. The molecule has 0 radical (unpaired) electrons. The highest BCUT2D eigenvalue weighted by Gasteiger charge is 2.30. The molecule has 3 N–H and O–H groups in total. The van der Waals surface area contributed by atoms with Crippen molar-refractivity contribution in [3.63, 3.8) is 0 Å². The summed E-state index contributed by atoms with van der Waals surface area (Å²) in [4.78, 5) is 23.5. The number of carbonyl (C=O) groups is 2. The Morgan fingerprint density at radius 2 is 1.75 bits per heavy atom. The Balaban J connectivity index is 1.89. The molecule has 1 aliphatic heterocycles. The van der Waals surface area contributed by atoms with Crippen molar-refractivity contribution in [3.05, 3.63) is 59.7 Å². The quantitative estimate of drug-likeness (QED) is 0.764. The minimum atomic E-state index is -1.81. The van der Waals surface area contributed by atoms with Gasteiger partial charge in [-0.05, 0) is 29.8 Å². The number of carboxylic acids is 1. The van der Waals surface area contributed by atoms with E-state index < -0.39 is 24.0 Å². The van der Waals surface area contributed by atoms with Gasteiger partial charge in [-0.25, -0.2) is 4.79 Å². The maximum absolute atomic E-state index is 12.3. The van der Waals surface area contributed by atoms with Crippen LogP contribution >= 0.6 is 0 Å². The van der Waals surface area contributed by atoms with Crippen molar-refractivity contribution in [2.75, 3.05) is 6.79 Å². The second-order valence-corrected chi connectivity index (χ2v) is 5.21. The Labute approximate surface area is 137 Å². The number of carbonyl (C=O) groups excluding carboxylic acids is 1. The van der Waals surface area contributed by atoms with E-state index in [0.717, 1.165) is 0 Å². The van der Waals surface area contributed by atoms with Gasteiger partial charge in [0.2, 0.25) is 6.79 Å². The summed E-state index contributed by atoms with van der Waals surface area (Å²) in [6.07, 6.45) is -1.81. The molecular weight excluding hydrogens is 314 g/mol. The zero-order valence-electron chi connectivity index (χ0n) is 12.5. The fraction of sp³-hybridized carbons (Fsp3) is 0.176. The summed E-state index contributed by atoms with van der Waals surface area (Å²) in [5.41, 5.74) is 0.763. The van der Waals surface area contributed by atoms with E-state index in [-0.39, 0.29) is 6.79 Å². The molecule has 2 aromatic rings. The van der Waals surface area contributed by atoms with Crippen LogP contribution in [0.5, 0.6) is 11.5 Å². The molecule has 0 unspecified atom stereocenters. The lowest BCUT2D eigenvalue weighted by Crippen LogP contribution is -2.40. The average molecular weight is 329 g/mol. The van der Waals surface area contributed by atoms with Crippen LogP contribution in [0.3, 0.4) is 0 Å². The first-order valence-electron chi connectivity index (χ1n) is 7.22. The third kappa shape index (κ3) is 3.16. The molecule has 0 fully saturated rings. The first-order chi connectivity index (χ1) is 11.6. The number of benzene rings is 2. The lowest BCUT2D eigenvalue weighted by atomic mass is 10.00. The predicted molar refractivity (Wildman–Crippen MR) is 82.9 cm³/mol. The number of rotatable bonds is 5. The summed E-state index contributed by atoms with van der Waals surface area (Å²) in [6, 6.07) is 11.9. The average Bonchev–Trinajstić information content (AvgIpc) is 3.07. The van der Waals surface area contributed by atoms with E-state index in [1.54, 1.807) is 48.5 Å². The number of aliphatic hydroxyl groups excluding tert-OH is 1. The number of aliphatic carboxylic acids is 1. The van der Waals surface area contributed by atoms with Crippen LogP contribution < -0.4 is 14.8 Å². The van der Waals surface area contributed by atoms with Crippen LogP contribution in [0.25, 0.3) is 0 Å². The van der Waals surface area contributed by atoms with Crippen molar-refractivity contribution in [2.45, 2.75) is 12.1 Å². The van der Waals surface area contributed by atoms with Gasteiger partial charge in [0.25, 0.3) is 5.91 Å². The van der Waals surface area contributed by atoms with Gasteiger partial charge in [0.1, 0.15) is 0 Å². The molecule has 7 nitrogen and oxygen atoms in total. The van der Waals surface area contributed by atoms with Crippen molar-refractivity contribution < 1.29 is 29.3 Å². The third-order valence-corrected chi connectivity index (χ3v) is 3.65. The van der Waals surface area contributed by atoms with E-state index in [1.807, 2.05) is 0 Å². The zero-order valence-corrected chi connectivity index (χ0v) is 12.5. The topological polar surface area (TPSA) is 105 Å². The van der Waals surface area contributed by atoms with Gasteiger partial charge in [-0.1, -0.05) is 24.3 Å². The van der Waals surface area contributed by atoms with Crippen molar-refractivity contribution in [3.8, 4) is 11.5 Å². The Bertz CT molecular complexity index is 761. The Kier molecular flexibility index (Phi) is 4.35. The number of ether oxygens (including phenoxy) is 2. The molecular formula is C17H15NO6. The van der Waals surface area contributed by atoms with Gasteiger partial charge in [-0.2, -0.15) is 0 Å². The van der Waals surface area contributed by atoms with Crippen LogP contribution in [-0.2, 0) is 4.79 Å². The molecule has 24 heavy (non-hydrogen) atoms. The van der Waals surface area contributed by atoms with Crippen molar-refractivity contribution in [2.24, 2.45) is 0 Å². The summed E-state index contributed by atoms with van der Waals surface area (Å²) < 4.78 is 10.5. The lowest BCUT2D eigenvalue weighted by molar-refractivity contribution is -0.148. The second-order valence-electron chi connectivity index (χ2n) is 5.21. The molecule has 3 rings (SSSR count). The number of carboxylic acid groups (broad SMARTS) is 1. The SMILES string of the molecule is O=C(N[C@@H](c1ccc2c(c1)OCO2)[C@H](O)C(=O)O)c1ccccc1. The van der Waals surface area contributed by atoms with Gasteiger partial charge in [-0.15, -0.1) is 0 Å². The van der Waals surface area contributed by atoms with Crippen LogP contribution in [0.4, 0.5) is 0 Å². The van der Waals surface area contributed by atoms with E-state index in [9.17, 15) is 14.7 Å². The predicted octanol–water partition coefficient (Wildman–Crippen LogP) is 1.33. The van der Waals surface area contributed by atoms with Crippen LogP contribution in [0.15, 0.2) is 48.5 Å². The van der Waals surface area contributed by atoms with E-state index in [1.165, 1.54) is 0 Å². The maximum atomic E-state index is 12.3. The van der Waals surface area contributed by atoms with Gasteiger partial charge in [-0.3, -0.25) is 4.79 Å². The Hall–Kier alpha value is -3.06. The molecule has 0 bridgehead atoms. The van der Waals surface area contributed by atoms with Crippen LogP contribution in [0.2, 0.25) is 0 Å². The summed E-state index contributed by atoms with van der Waals surface area (Å²) in [7, 11) is 0. The summed E-state index contributed by atoms with van der Waals surface area (Å²) >= 11 is 0. The van der Waals surface area contributed by atoms with Gasteiger partial charge >= 0.3 is 5.97 Å². The van der Waals surface area contributed by atoms with E-state index in [0.29, 0.717) is 22.6 Å². The van der Waals surface area contributed by atoms with Crippen LogP contribution in [0.1, 0.15) is 22.0 Å². The number of amides is 1. The normalized spacial score (nSPS) is 14.7. The highest BCUT2D eigenvalue weighted by molar-refractivity contribution is 5.94. The molecule has 0 saturated heterocycles. The van der Waals surface area contributed by atoms with Gasteiger partial charge < -0.3 is 25.0 Å². The summed E-state index contributed by atoms with van der Waals surface area (Å²) in [6.45, 7) is 0.0707.